The molecule has 0 unspecified atom stereocenters. The molecule has 4 nitrogen and oxygen atoms in total. The molecule has 102 valence electrons. The zero-order valence-electron chi connectivity index (χ0n) is 10.5. The van der Waals surface area contributed by atoms with Crippen LogP contribution in [0.2, 0.25) is 0 Å². The number of carbonyl (C=O) groups is 1. The number of ketones is 1. The van der Waals surface area contributed by atoms with Gasteiger partial charge < -0.3 is 0 Å². The van der Waals surface area contributed by atoms with E-state index in [1.807, 2.05) is 0 Å². The molecule has 20 heavy (non-hydrogen) atoms. The zero-order valence-corrected chi connectivity index (χ0v) is 11.3. The van der Waals surface area contributed by atoms with E-state index in [1.165, 1.54) is 43.0 Å². The van der Waals surface area contributed by atoms with E-state index in [0.29, 0.717) is 9.79 Å². The van der Waals surface area contributed by atoms with Crippen molar-refractivity contribution < 1.29 is 14.1 Å². The minimum Gasteiger partial charge on any atom is -0.294 e. The summed E-state index contributed by atoms with van der Waals surface area (Å²) in [6.07, 6.45) is 0. The van der Waals surface area contributed by atoms with Gasteiger partial charge in [0.15, 0.2) is 5.78 Å². The fraction of sp³-hybridized carbons (Fsp3) is 0.0714. The fourth-order valence-electron chi connectivity index (χ4n) is 1.69. The van der Waals surface area contributed by atoms with Crippen molar-refractivity contribution in [3.8, 4) is 0 Å². The smallest absolute Gasteiger partial charge is 0.281 e. The lowest BCUT2D eigenvalue weighted by Gasteiger charge is -2.04. The van der Waals surface area contributed by atoms with E-state index >= 15 is 0 Å². The second kappa shape index (κ2) is 5.83. The molecule has 2 rings (SSSR count). The third-order valence-electron chi connectivity index (χ3n) is 2.58. The molecule has 0 aliphatic carbocycles. The van der Waals surface area contributed by atoms with Gasteiger partial charge in [0.25, 0.3) is 5.69 Å². The minimum atomic E-state index is -0.591. The van der Waals surface area contributed by atoms with Crippen LogP contribution in [0.5, 0.6) is 0 Å². The number of nitro groups is 1. The summed E-state index contributed by atoms with van der Waals surface area (Å²) in [5.74, 6) is -0.733. The highest BCUT2D eigenvalue weighted by molar-refractivity contribution is 7.99. The predicted molar refractivity (Wildman–Crippen MR) is 73.6 cm³/mol. The molecule has 2 aromatic carbocycles. The number of rotatable bonds is 4. The van der Waals surface area contributed by atoms with E-state index in [1.54, 1.807) is 18.2 Å². The molecule has 0 amide bonds. The van der Waals surface area contributed by atoms with Gasteiger partial charge >= 0.3 is 0 Å². The van der Waals surface area contributed by atoms with Crippen LogP contribution in [0.15, 0.2) is 52.3 Å². The summed E-state index contributed by atoms with van der Waals surface area (Å²) >= 11 is 1.20. The quantitative estimate of drug-likeness (QED) is 0.483. The highest BCUT2D eigenvalue weighted by atomic mass is 32.2. The zero-order chi connectivity index (χ0) is 14.7. The third kappa shape index (κ3) is 3.21. The van der Waals surface area contributed by atoms with Gasteiger partial charge in [0.2, 0.25) is 0 Å². The standard InChI is InChI=1S/C14H10FNO3S/c1-9(17)13-6-5-12(8-14(13)16(18)19)20-11-4-2-3-10(15)7-11/h2-8H,1H3. The Morgan fingerprint density at radius 3 is 2.50 bits per heavy atom. The van der Waals surface area contributed by atoms with Crippen LogP contribution in [0, 0.1) is 15.9 Å². The summed E-state index contributed by atoms with van der Waals surface area (Å²) in [5.41, 5.74) is -0.169. The number of nitrogens with zero attached hydrogens (tertiary/aromatic N) is 1. The number of hydrogen-bond acceptors (Lipinski definition) is 4. The van der Waals surface area contributed by atoms with Gasteiger partial charge in [-0.3, -0.25) is 14.9 Å². The van der Waals surface area contributed by atoms with E-state index in [9.17, 15) is 19.3 Å². The summed E-state index contributed by atoms with van der Waals surface area (Å²) in [5, 5.41) is 11.0. The topological polar surface area (TPSA) is 60.2 Å². The first-order valence-corrected chi connectivity index (χ1v) is 6.52. The first kappa shape index (κ1) is 14.2. The van der Waals surface area contributed by atoms with Crippen molar-refractivity contribution in [2.45, 2.75) is 16.7 Å². The fourth-order valence-corrected chi connectivity index (χ4v) is 2.59. The number of Topliss-reactive ketones (excluding diaryl/α,β-unsaturated/α-hetero) is 1. The maximum absolute atomic E-state index is 13.1. The number of hydrogen-bond donors (Lipinski definition) is 0. The van der Waals surface area contributed by atoms with Crippen molar-refractivity contribution >= 4 is 23.2 Å². The second-order valence-corrected chi connectivity index (χ2v) is 5.20. The highest BCUT2D eigenvalue weighted by Crippen LogP contribution is 2.32. The van der Waals surface area contributed by atoms with Crippen LogP contribution in [0.1, 0.15) is 17.3 Å². The van der Waals surface area contributed by atoms with Gasteiger partial charge in [0, 0.05) is 15.9 Å². The lowest BCUT2D eigenvalue weighted by atomic mass is 10.1. The van der Waals surface area contributed by atoms with Gasteiger partial charge in [-0.2, -0.15) is 0 Å². The van der Waals surface area contributed by atoms with E-state index in [0.717, 1.165) is 0 Å². The summed E-state index contributed by atoms with van der Waals surface area (Å²) in [6.45, 7) is 1.28. The van der Waals surface area contributed by atoms with E-state index < -0.39 is 4.92 Å². The van der Waals surface area contributed by atoms with Crippen molar-refractivity contribution in [3.63, 3.8) is 0 Å². The van der Waals surface area contributed by atoms with Crippen molar-refractivity contribution in [1.29, 1.82) is 0 Å². The van der Waals surface area contributed by atoms with Gasteiger partial charge in [0.05, 0.1) is 10.5 Å². The van der Waals surface area contributed by atoms with Crippen LogP contribution in [0.3, 0.4) is 0 Å². The minimum absolute atomic E-state index is 0.0681. The average molecular weight is 291 g/mol. The second-order valence-electron chi connectivity index (χ2n) is 4.05. The number of benzene rings is 2. The Morgan fingerprint density at radius 2 is 1.90 bits per heavy atom. The molecule has 0 aliphatic rings. The molecule has 0 saturated carbocycles. The molecule has 0 fully saturated rings. The Kier molecular flexibility index (Phi) is 4.14. The Balaban J connectivity index is 2.36. The molecule has 0 N–H and O–H groups in total. The maximum atomic E-state index is 13.1. The van der Waals surface area contributed by atoms with Gasteiger partial charge in [-0.1, -0.05) is 17.8 Å². The molecular formula is C14H10FNO3S. The highest BCUT2D eigenvalue weighted by Gasteiger charge is 2.18. The van der Waals surface area contributed by atoms with Crippen LogP contribution in [0.25, 0.3) is 0 Å². The molecule has 0 bridgehead atoms. The van der Waals surface area contributed by atoms with Gasteiger partial charge in [-0.15, -0.1) is 0 Å². The van der Waals surface area contributed by atoms with E-state index in [4.69, 9.17) is 0 Å². The molecule has 0 radical (unpaired) electrons. The largest absolute Gasteiger partial charge is 0.294 e. The lowest BCUT2D eigenvalue weighted by molar-refractivity contribution is -0.385. The molecule has 6 heteroatoms. The van der Waals surface area contributed by atoms with Crippen molar-refractivity contribution in [2.24, 2.45) is 0 Å². The third-order valence-corrected chi connectivity index (χ3v) is 3.56. The number of carbonyl (C=O) groups excluding carboxylic acids is 1. The van der Waals surface area contributed by atoms with Crippen LogP contribution < -0.4 is 0 Å². The van der Waals surface area contributed by atoms with Crippen LogP contribution in [-0.2, 0) is 0 Å². The number of nitro benzene ring substituents is 1. The first-order chi connectivity index (χ1) is 9.47. The maximum Gasteiger partial charge on any atom is 0.281 e. The Hall–Kier alpha value is -2.21. The van der Waals surface area contributed by atoms with Gasteiger partial charge in [0.1, 0.15) is 5.82 Å². The lowest BCUT2D eigenvalue weighted by Crippen LogP contribution is -2.00. The van der Waals surface area contributed by atoms with Crippen LogP contribution in [0.4, 0.5) is 10.1 Å². The molecule has 0 heterocycles. The summed E-state index contributed by atoms with van der Waals surface area (Å²) in [6, 6.07) is 10.3. The predicted octanol–water partition coefficient (Wildman–Crippen LogP) is 4.09. The average Bonchev–Trinajstić information content (AvgIpc) is 2.38. The summed E-state index contributed by atoms with van der Waals surface area (Å²) < 4.78 is 13.1. The van der Waals surface area contributed by atoms with Gasteiger partial charge in [-0.25, -0.2) is 4.39 Å². The van der Waals surface area contributed by atoms with Crippen molar-refractivity contribution in [2.75, 3.05) is 0 Å². The Morgan fingerprint density at radius 1 is 1.20 bits per heavy atom. The van der Waals surface area contributed by atoms with Crippen molar-refractivity contribution in [1.82, 2.24) is 0 Å². The monoisotopic (exact) mass is 291 g/mol. The molecule has 0 saturated heterocycles. The summed E-state index contributed by atoms with van der Waals surface area (Å²) in [4.78, 5) is 22.9. The first-order valence-electron chi connectivity index (χ1n) is 5.70. The van der Waals surface area contributed by atoms with E-state index in [-0.39, 0.29) is 22.9 Å². The summed E-state index contributed by atoms with van der Waals surface area (Å²) in [7, 11) is 0. The molecule has 0 aliphatic heterocycles. The van der Waals surface area contributed by atoms with Crippen molar-refractivity contribution in [3.05, 3.63) is 64.0 Å². The molecular weight excluding hydrogens is 281 g/mol. The molecule has 0 spiro atoms. The SMILES string of the molecule is CC(=O)c1ccc(Sc2cccc(F)c2)cc1[N+](=O)[O-]. The van der Waals surface area contributed by atoms with Crippen LogP contribution >= 0.6 is 11.8 Å². The number of halogens is 1. The van der Waals surface area contributed by atoms with Crippen LogP contribution in [-0.4, -0.2) is 10.7 Å². The normalized spacial score (nSPS) is 10.3. The van der Waals surface area contributed by atoms with E-state index in [2.05, 4.69) is 0 Å². The Bertz CT molecular complexity index is 688. The molecule has 2 aromatic rings. The Labute approximate surface area is 118 Å². The molecule has 0 aromatic heterocycles. The van der Waals surface area contributed by atoms with Gasteiger partial charge in [-0.05, 0) is 37.3 Å². The molecule has 0 atom stereocenters.